The summed E-state index contributed by atoms with van der Waals surface area (Å²) in [5.74, 6) is -1.18. The molecule has 5 nitrogen and oxygen atoms in total. The van der Waals surface area contributed by atoms with E-state index in [1.807, 2.05) is 36.4 Å². The number of amides is 2. The van der Waals surface area contributed by atoms with Crippen molar-refractivity contribution in [2.75, 3.05) is 18.9 Å². The van der Waals surface area contributed by atoms with Crippen LogP contribution in [-0.4, -0.2) is 35.3 Å². The van der Waals surface area contributed by atoms with Gasteiger partial charge in [-0.15, -0.1) is 0 Å². The van der Waals surface area contributed by atoms with Crippen LogP contribution in [-0.2, 0) is 9.59 Å². The van der Waals surface area contributed by atoms with Crippen molar-refractivity contribution in [3.63, 3.8) is 0 Å². The van der Waals surface area contributed by atoms with Crippen LogP contribution in [0.15, 0.2) is 66.7 Å². The quantitative estimate of drug-likeness (QED) is 0.706. The van der Waals surface area contributed by atoms with Crippen LogP contribution in [0.25, 0.3) is 17.0 Å². The zero-order chi connectivity index (χ0) is 19.2. The summed E-state index contributed by atoms with van der Waals surface area (Å²) in [7, 11) is 1.52. The number of hydrogen-bond acceptors (Lipinski definition) is 3. The Balaban J connectivity index is 1.59. The monoisotopic (exact) mass is 363 g/mol. The number of hydrogen-bond donors (Lipinski definition) is 1. The molecule has 1 heterocycles. The van der Waals surface area contributed by atoms with Crippen LogP contribution < -0.4 is 5.32 Å². The van der Waals surface area contributed by atoms with Crippen LogP contribution in [0.1, 0.15) is 5.69 Å². The number of nitrogens with zero attached hydrogens (tertiary/aromatic N) is 2. The predicted molar refractivity (Wildman–Crippen MR) is 103 cm³/mol. The second-order valence-corrected chi connectivity index (χ2v) is 6.01. The van der Waals surface area contributed by atoms with Crippen LogP contribution >= 0.6 is 0 Å². The Kier molecular flexibility index (Phi) is 5.56. The van der Waals surface area contributed by atoms with E-state index < -0.39 is 11.7 Å². The van der Waals surface area contributed by atoms with Crippen LogP contribution in [0.5, 0.6) is 0 Å². The maximum Gasteiger partial charge on any atom is 0.246 e. The van der Waals surface area contributed by atoms with Gasteiger partial charge in [0.25, 0.3) is 0 Å². The molecule has 2 amide bonds. The Hall–Kier alpha value is -3.54. The standard InChI is InChI=1S/C21H18FN3O2/c1-25(14-20(26)24-18-7-4-6-16(22)13-18)21(27)12-11-17-10-9-15-5-2-3-8-19(15)23-17/h2-13H,14H2,1H3,(H,24,26). The third-order valence-electron chi connectivity index (χ3n) is 3.88. The lowest BCUT2D eigenvalue weighted by atomic mass is 10.2. The first-order valence-corrected chi connectivity index (χ1v) is 8.36. The van der Waals surface area contributed by atoms with Crippen molar-refractivity contribution in [2.45, 2.75) is 0 Å². The fourth-order valence-corrected chi connectivity index (χ4v) is 2.52. The summed E-state index contributed by atoms with van der Waals surface area (Å²) in [5, 5.41) is 3.57. The Morgan fingerprint density at radius 3 is 2.74 bits per heavy atom. The van der Waals surface area contributed by atoms with Gasteiger partial charge >= 0.3 is 0 Å². The van der Waals surface area contributed by atoms with E-state index in [4.69, 9.17) is 0 Å². The van der Waals surface area contributed by atoms with E-state index in [9.17, 15) is 14.0 Å². The number of anilines is 1. The van der Waals surface area contributed by atoms with Gasteiger partial charge in [-0.25, -0.2) is 9.37 Å². The highest BCUT2D eigenvalue weighted by Crippen LogP contribution is 2.13. The molecule has 2 aromatic carbocycles. The van der Waals surface area contributed by atoms with Crippen LogP contribution in [0.3, 0.4) is 0 Å². The molecule has 1 aromatic heterocycles. The Labute approximate surface area is 156 Å². The average Bonchev–Trinajstić information content (AvgIpc) is 2.65. The molecule has 6 heteroatoms. The van der Waals surface area contributed by atoms with Crippen LogP contribution in [0, 0.1) is 5.82 Å². The normalized spacial score (nSPS) is 10.9. The first-order chi connectivity index (χ1) is 13.0. The second-order valence-electron chi connectivity index (χ2n) is 6.01. The molecular formula is C21H18FN3O2. The summed E-state index contributed by atoms with van der Waals surface area (Å²) in [6, 6.07) is 17.0. The molecular weight excluding hydrogens is 345 g/mol. The zero-order valence-corrected chi connectivity index (χ0v) is 14.7. The number of para-hydroxylation sites is 1. The SMILES string of the molecule is CN(CC(=O)Nc1cccc(F)c1)C(=O)C=Cc1ccc2ccccc2n1. The molecule has 0 saturated carbocycles. The van der Waals surface area contributed by atoms with E-state index in [0.717, 1.165) is 10.9 Å². The van der Waals surface area contributed by atoms with E-state index in [0.29, 0.717) is 11.4 Å². The molecule has 0 fully saturated rings. The highest BCUT2D eigenvalue weighted by Gasteiger charge is 2.11. The molecule has 27 heavy (non-hydrogen) atoms. The van der Waals surface area contributed by atoms with E-state index in [1.165, 1.54) is 36.2 Å². The number of pyridine rings is 1. The molecule has 1 N–H and O–H groups in total. The van der Waals surface area contributed by atoms with Crippen molar-refractivity contribution in [3.8, 4) is 0 Å². The fraction of sp³-hybridized carbons (Fsp3) is 0.0952. The van der Waals surface area contributed by atoms with Gasteiger partial charge in [0.2, 0.25) is 11.8 Å². The molecule has 3 rings (SSSR count). The van der Waals surface area contributed by atoms with Crippen molar-refractivity contribution < 1.29 is 14.0 Å². The number of carbonyl (C=O) groups excluding carboxylic acids is 2. The number of fused-ring (bicyclic) bond motifs is 1. The number of aromatic nitrogens is 1. The molecule has 0 unspecified atom stereocenters. The van der Waals surface area contributed by atoms with Gasteiger partial charge in [0.15, 0.2) is 0 Å². The number of carbonyl (C=O) groups is 2. The van der Waals surface area contributed by atoms with Crippen molar-refractivity contribution >= 4 is 34.5 Å². The molecule has 0 saturated heterocycles. The average molecular weight is 363 g/mol. The van der Waals surface area contributed by atoms with E-state index >= 15 is 0 Å². The van der Waals surface area contributed by atoms with Crippen molar-refractivity contribution in [1.82, 2.24) is 9.88 Å². The maximum atomic E-state index is 13.1. The molecule has 0 aliphatic heterocycles. The Morgan fingerprint density at radius 1 is 1.11 bits per heavy atom. The largest absolute Gasteiger partial charge is 0.333 e. The lowest BCUT2D eigenvalue weighted by molar-refractivity contribution is -0.129. The summed E-state index contributed by atoms with van der Waals surface area (Å²) >= 11 is 0. The van der Waals surface area contributed by atoms with E-state index in [-0.39, 0.29) is 12.5 Å². The predicted octanol–water partition coefficient (Wildman–Crippen LogP) is 3.48. The smallest absolute Gasteiger partial charge is 0.246 e. The molecule has 0 aliphatic carbocycles. The van der Waals surface area contributed by atoms with Crippen LogP contribution in [0.2, 0.25) is 0 Å². The molecule has 0 aliphatic rings. The van der Waals surface area contributed by atoms with Gasteiger partial charge < -0.3 is 10.2 Å². The maximum absolute atomic E-state index is 13.1. The van der Waals surface area contributed by atoms with Gasteiger partial charge in [0.1, 0.15) is 5.82 Å². The van der Waals surface area contributed by atoms with Crippen molar-refractivity contribution in [3.05, 3.63) is 78.3 Å². The highest BCUT2D eigenvalue weighted by molar-refractivity contribution is 5.97. The number of rotatable bonds is 5. The van der Waals surface area contributed by atoms with E-state index in [1.54, 1.807) is 12.1 Å². The summed E-state index contributed by atoms with van der Waals surface area (Å²) < 4.78 is 13.1. The first kappa shape index (κ1) is 18.3. The molecule has 136 valence electrons. The fourth-order valence-electron chi connectivity index (χ4n) is 2.52. The topological polar surface area (TPSA) is 62.3 Å². The summed E-state index contributed by atoms with van der Waals surface area (Å²) in [6.07, 6.45) is 2.97. The zero-order valence-electron chi connectivity index (χ0n) is 14.7. The third-order valence-corrected chi connectivity index (χ3v) is 3.88. The van der Waals surface area contributed by atoms with Gasteiger partial charge in [-0.2, -0.15) is 0 Å². The molecule has 0 spiro atoms. The summed E-state index contributed by atoms with van der Waals surface area (Å²) in [4.78, 5) is 29.9. The Bertz CT molecular complexity index is 1020. The van der Waals surface area contributed by atoms with Crippen LogP contribution in [0.4, 0.5) is 10.1 Å². The third kappa shape index (κ3) is 4.98. The summed E-state index contributed by atoms with van der Waals surface area (Å²) in [5.41, 5.74) is 1.84. The van der Waals surface area contributed by atoms with E-state index in [2.05, 4.69) is 10.3 Å². The molecule has 0 radical (unpaired) electrons. The highest BCUT2D eigenvalue weighted by atomic mass is 19.1. The number of likely N-dealkylation sites (N-methyl/N-ethyl adjacent to an activating group) is 1. The first-order valence-electron chi connectivity index (χ1n) is 8.36. The number of benzene rings is 2. The minimum atomic E-state index is -0.442. The molecule has 0 atom stereocenters. The van der Waals surface area contributed by atoms with Gasteiger partial charge in [-0.05, 0) is 36.4 Å². The molecule has 3 aromatic rings. The van der Waals surface area contributed by atoms with Gasteiger partial charge in [-0.1, -0.05) is 30.3 Å². The number of halogens is 1. The lowest BCUT2D eigenvalue weighted by Gasteiger charge is -2.14. The minimum Gasteiger partial charge on any atom is -0.333 e. The van der Waals surface area contributed by atoms with Crippen molar-refractivity contribution in [1.29, 1.82) is 0 Å². The molecule has 0 bridgehead atoms. The van der Waals surface area contributed by atoms with Gasteiger partial charge in [0, 0.05) is 24.2 Å². The summed E-state index contributed by atoms with van der Waals surface area (Å²) in [6.45, 7) is -0.148. The lowest BCUT2D eigenvalue weighted by Crippen LogP contribution is -2.33. The van der Waals surface area contributed by atoms with Gasteiger partial charge in [0.05, 0.1) is 17.8 Å². The second kappa shape index (κ2) is 8.23. The Morgan fingerprint density at radius 2 is 1.93 bits per heavy atom. The number of nitrogens with one attached hydrogen (secondary N) is 1. The van der Waals surface area contributed by atoms with Gasteiger partial charge in [-0.3, -0.25) is 9.59 Å². The minimum absolute atomic E-state index is 0.148. The van der Waals surface area contributed by atoms with Crippen molar-refractivity contribution in [2.24, 2.45) is 0 Å².